The first-order valence-electron chi connectivity index (χ1n) is 7.47. The standard InChI is InChI=1S/C18H22FNO/c1-3-10-20-13-15-11-16(19)8-9-18(15)14-6-5-7-17(12-14)21-4-2/h5-9,11-12,20H,3-4,10,13H2,1-2H3. The van der Waals surface area contributed by atoms with Crippen LogP contribution in [0.25, 0.3) is 11.1 Å². The van der Waals surface area contributed by atoms with Crippen molar-refractivity contribution in [1.29, 1.82) is 0 Å². The molecule has 2 aromatic carbocycles. The van der Waals surface area contributed by atoms with Crippen LogP contribution in [0.1, 0.15) is 25.8 Å². The summed E-state index contributed by atoms with van der Waals surface area (Å²) in [6.07, 6.45) is 1.06. The molecule has 0 spiro atoms. The summed E-state index contributed by atoms with van der Waals surface area (Å²) in [5.74, 6) is 0.639. The Labute approximate surface area is 126 Å². The number of nitrogens with one attached hydrogen (secondary N) is 1. The molecule has 112 valence electrons. The molecule has 2 rings (SSSR count). The molecule has 0 bridgehead atoms. The molecule has 0 atom stereocenters. The van der Waals surface area contributed by atoms with Crippen molar-refractivity contribution >= 4 is 0 Å². The smallest absolute Gasteiger partial charge is 0.123 e. The normalized spacial score (nSPS) is 10.6. The molecule has 3 heteroatoms. The van der Waals surface area contributed by atoms with E-state index < -0.39 is 0 Å². The summed E-state index contributed by atoms with van der Waals surface area (Å²) in [7, 11) is 0. The lowest BCUT2D eigenvalue weighted by atomic mass is 9.99. The van der Waals surface area contributed by atoms with Gasteiger partial charge in [-0.2, -0.15) is 0 Å². The second kappa shape index (κ2) is 7.79. The Morgan fingerprint density at radius 1 is 1.10 bits per heavy atom. The van der Waals surface area contributed by atoms with Crippen LogP contribution in [-0.4, -0.2) is 13.2 Å². The summed E-state index contributed by atoms with van der Waals surface area (Å²) < 4.78 is 19.1. The molecule has 0 aliphatic rings. The van der Waals surface area contributed by atoms with Crippen LogP contribution in [0.3, 0.4) is 0 Å². The minimum Gasteiger partial charge on any atom is -0.494 e. The first kappa shape index (κ1) is 15.5. The Bertz CT molecular complexity index is 583. The summed E-state index contributed by atoms with van der Waals surface area (Å²) in [6, 6.07) is 12.9. The van der Waals surface area contributed by atoms with Gasteiger partial charge in [0.05, 0.1) is 6.61 Å². The van der Waals surface area contributed by atoms with Gasteiger partial charge in [0, 0.05) is 6.54 Å². The summed E-state index contributed by atoms with van der Waals surface area (Å²) >= 11 is 0. The van der Waals surface area contributed by atoms with Crippen LogP contribution < -0.4 is 10.1 Å². The van der Waals surface area contributed by atoms with E-state index in [4.69, 9.17) is 4.74 Å². The predicted molar refractivity (Wildman–Crippen MR) is 85.0 cm³/mol. The van der Waals surface area contributed by atoms with Gasteiger partial charge in [0.25, 0.3) is 0 Å². The number of rotatable bonds is 7. The van der Waals surface area contributed by atoms with E-state index in [0.29, 0.717) is 13.2 Å². The molecule has 0 heterocycles. The molecule has 0 aliphatic heterocycles. The highest BCUT2D eigenvalue weighted by Crippen LogP contribution is 2.27. The summed E-state index contributed by atoms with van der Waals surface area (Å²) in [5, 5.41) is 3.33. The van der Waals surface area contributed by atoms with Gasteiger partial charge in [0.2, 0.25) is 0 Å². The molecule has 2 aromatic rings. The Morgan fingerprint density at radius 3 is 2.71 bits per heavy atom. The Morgan fingerprint density at radius 2 is 1.95 bits per heavy atom. The topological polar surface area (TPSA) is 21.3 Å². The monoisotopic (exact) mass is 287 g/mol. The van der Waals surface area contributed by atoms with Crippen molar-refractivity contribution in [2.75, 3.05) is 13.2 Å². The molecule has 1 N–H and O–H groups in total. The predicted octanol–water partition coefficient (Wildman–Crippen LogP) is 4.39. The lowest BCUT2D eigenvalue weighted by molar-refractivity contribution is 0.340. The van der Waals surface area contributed by atoms with Gasteiger partial charge in [-0.25, -0.2) is 4.39 Å². The Balaban J connectivity index is 2.31. The molecule has 0 radical (unpaired) electrons. The van der Waals surface area contributed by atoms with Gasteiger partial charge in [0.15, 0.2) is 0 Å². The molecule has 0 saturated heterocycles. The van der Waals surface area contributed by atoms with E-state index in [2.05, 4.69) is 12.2 Å². The van der Waals surface area contributed by atoms with Crippen LogP contribution in [0.5, 0.6) is 5.75 Å². The lowest BCUT2D eigenvalue weighted by Crippen LogP contribution is -2.14. The number of ether oxygens (including phenoxy) is 1. The third kappa shape index (κ3) is 4.30. The highest BCUT2D eigenvalue weighted by atomic mass is 19.1. The lowest BCUT2D eigenvalue weighted by Gasteiger charge is -2.12. The average molecular weight is 287 g/mol. The summed E-state index contributed by atoms with van der Waals surface area (Å²) in [4.78, 5) is 0. The van der Waals surface area contributed by atoms with Crippen LogP contribution in [0.4, 0.5) is 4.39 Å². The van der Waals surface area contributed by atoms with Crippen LogP contribution in [-0.2, 0) is 6.54 Å². The summed E-state index contributed by atoms with van der Waals surface area (Å²) in [6.45, 7) is 6.31. The van der Waals surface area contributed by atoms with Gasteiger partial charge in [-0.3, -0.25) is 0 Å². The molecule has 21 heavy (non-hydrogen) atoms. The largest absolute Gasteiger partial charge is 0.494 e. The Kier molecular flexibility index (Phi) is 5.76. The molecular formula is C18H22FNO. The quantitative estimate of drug-likeness (QED) is 0.763. The van der Waals surface area contributed by atoms with E-state index in [-0.39, 0.29) is 5.82 Å². The van der Waals surface area contributed by atoms with E-state index in [9.17, 15) is 4.39 Å². The van der Waals surface area contributed by atoms with Crippen LogP contribution >= 0.6 is 0 Å². The third-order valence-electron chi connectivity index (χ3n) is 3.27. The van der Waals surface area contributed by atoms with Gasteiger partial charge in [-0.15, -0.1) is 0 Å². The molecular weight excluding hydrogens is 265 g/mol. The molecule has 2 nitrogen and oxygen atoms in total. The highest BCUT2D eigenvalue weighted by molar-refractivity contribution is 5.68. The second-order valence-corrected chi connectivity index (χ2v) is 4.94. The fraction of sp³-hybridized carbons (Fsp3) is 0.333. The maximum atomic E-state index is 13.5. The van der Waals surface area contributed by atoms with E-state index in [1.165, 1.54) is 6.07 Å². The van der Waals surface area contributed by atoms with Gasteiger partial charge >= 0.3 is 0 Å². The van der Waals surface area contributed by atoms with Crippen molar-refractivity contribution in [2.45, 2.75) is 26.8 Å². The molecule has 0 aromatic heterocycles. The van der Waals surface area contributed by atoms with E-state index in [1.807, 2.05) is 37.3 Å². The SMILES string of the molecule is CCCNCc1cc(F)ccc1-c1cccc(OCC)c1. The number of hydrogen-bond donors (Lipinski definition) is 1. The van der Waals surface area contributed by atoms with E-state index in [0.717, 1.165) is 35.4 Å². The zero-order valence-corrected chi connectivity index (χ0v) is 12.7. The van der Waals surface area contributed by atoms with Crippen molar-refractivity contribution in [3.63, 3.8) is 0 Å². The zero-order valence-electron chi connectivity index (χ0n) is 12.7. The number of hydrogen-bond acceptors (Lipinski definition) is 2. The second-order valence-electron chi connectivity index (χ2n) is 4.94. The molecule has 0 saturated carbocycles. The number of halogens is 1. The first-order valence-corrected chi connectivity index (χ1v) is 7.47. The Hall–Kier alpha value is -1.87. The third-order valence-corrected chi connectivity index (χ3v) is 3.27. The molecule has 0 unspecified atom stereocenters. The van der Waals surface area contributed by atoms with Gasteiger partial charge in [-0.1, -0.05) is 25.1 Å². The fourth-order valence-corrected chi connectivity index (χ4v) is 2.31. The van der Waals surface area contributed by atoms with Crippen molar-refractivity contribution in [3.05, 3.63) is 53.8 Å². The maximum absolute atomic E-state index is 13.5. The fourth-order valence-electron chi connectivity index (χ4n) is 2.31. The van der Waals surface area contributed by atoms with Crippen molar-refractivity contribution in [1.82, 2.24) is 5.32 Å². The van der Waals surface area contributed by atoms with Crippen molar-refractivity contribution in [2.24, 2.45) is 0 Å². The van der Waals surface area contributed by atoms with Gasteiger partial charge < -0.3 is 10.1 Å². The van der Waals surface area contributed by atoms with E-state index >= 15 is 0 Å². The van der Waals surface area contributed by atoms with Crippen LogP contribution in [0, 0.1) is 5.82 Å². The molecule has 0 aliphatic carbocycles. The zero-order chi connectivity index (χ0) is 15.1. The maximum Gasteiger partial charge on any atom is 0.123 e. The minimum absolute atomic E-state index is 0.201. The minimum atomic E-state index is -0.201. The summed E-state index contributed by atoms with van der Waals surface area (Å²) in [5.41, 5.74) is 3.06. The molecule has 0 amide bonds. The molecule has 0 fully saturated rings. The highest BCUT2D eigenvalue weighted by Gasteiger charge is 2.07. The number of benzene rings is 2. The van der Waals surface area contributed by atoms with Gasteiger partial charge in [0.1, 0.15) is 11.6 Å². The first-order chi connectivity index (χ1) is 10.2. The van der Waals surface area contributed by atoms with Crippen molar-refractivity contribution in [3.8, 4) is 16.9 Å². The van der Waals surface area contributed by atoms with Crippen LogP contribution in [0.2, 0.25) is 0 Å². The van der Waals surface area contributed by atoms with Crippen molar-refractivity contribution < 1.29 is 9.13 Å². The average Bonchev–Trinajstić information content (AvgIpc) is 2.48. The van der Waals surface area contributed by atoms with Gasteiger partial charge in [-0.05, 0) is 60.8 Å². The van der Waals surface area contributed by atoms with Crippen LogP contribution in [0.15, 0.2) is 42.5 Å². The van der Waals surface area contributed by atoms with E-state index in [1.54, 1.807) is 6.07 Å².